The van der Waals surface area contributed by atoms with Gasteiger partial charge in [0.25, 0.3) is 5.91 Å². The van der Waals surface area contributed by atoms with Crippen molar-refractivity contribution in [3.63, 3.8) is 0 Å². The molecule has 2 aliphatic rings. The molecular weight excluding hydrogens is 478 g/mol. The van der Waals surface area contributed by atoms with E-state index in [4.69, 9.17) is 4.74 Å². The van der Waals surface area contributed by atoms with Gasteiger partial charge < -0.3 is 20.3 Å². The number of anilines is 3. The highest BCUT2D eigenvalue weighted by molar-refractivity contribution is 6.05. The molecule has 0 spiro atoms. The molecule has 1 saturated heterocycles. The van der Waals surface area contributed by atoms with Gasteiger partial charge in [-0.25, -0.2) is 4.68 Å². The molecule has 2 heterocycles. The average Bonchev–Trinajstić information content (AvgIpc) is 3.73. The first-order valence-electron chi connectivity index (χ1n) is 13.2. The second kappa shape index (κ2) is 10.3. The molecule has 1 aliphatic heterocycles. The summed E-state index contributed by atoms with van der Waals surface area (Å²) in [7, 11) is 1.77. The second-order valence-electron chi connectivity index (χ2n) is 10.1. The Hall–Kier alpha value is -4.17. The molecule has 0 bridgehead atoms. The Labute approximate surface area is 221 Å². The van der Waals surface area contributed by atoms with E-state index in [-0.39, 0.29) is 17.7 Å². The average molecular weight is 510 g/mol. The van der Waals surface area contributed by atoms with E-state index < -0.39 is 0 Å². The second-order valence-corrected chi connectivity index (χ2v) is 10.1. The fourth-order valence-electron chi connectivity index (χ4n) is 4.97. The van der Waals surface area contributed by atoms with Crippen LogP contribution in [0.4, 0.5) is 17.1 Å². The summed E-state index contributed by atoms with van der Waals surface area (Å²) in [6.45, 7) is 1.91. The summed E-state index contributed by atoms with van der Waals surface area (Å²) >= 11 is 0. The Morgan fingerprint density at radius 2 is 1.53 bits per heavy atom. The quantitative estimate of drug-likeness (QED) is 0.356. The lowest BCUT2D eigenvalue weighted by Crippen LogP contribution is -2.36. The van der Waals surface area contributed by atoms with Crippen LogP contribution in [0.5, 0.6) is 0 Å². The molecule has 1 aromatic heterocycles. The maximum atomic E-state index is 12.9. The number of amides is 2. The van der Waals surface area contributed by atoms with Gasteiger partial charge in [-0.1, -0.05) is 0 Å². The minimum Gasteiger partial charge on any atom is -0.381 e. The van der Waals surface area contributed by atoms with Gasteiger partial charge in [0.2, 0.25) is 5.91 Å². The molecular formula is C30H31N5O3. The van der Waals surface area contributed by atoms with E-state index in [9.17, 15) is 9.59 Å². The third kappa shape index (κ3) is 5.13. The van der Waals surface area contributed by atoms with E-state index >= 15 is 0 Å². The number of benzene rings is 3. The number of nitrogens with zero attached hydrogens (tertiary/aromatic N) is 3. The van der Waals surface area contributed by atoms with Crippen molar-refractivity contribution < 1.29 is 14.3 Å². The number of piperidine rings is 1. The van der Waals surface area contributed by atoms with Crippen molar-refractivity contribution in [2.45, 2.75) is 31.8 Å². The number of ether oxygens (including phenoxy) is 1. The first kappa shape index (κ1) is 24.2. The van der Waals surface area contributed by atoms with Gasteiger partial charge in [-0.15, -0.1) is 0 Å². The fourth-order valence-corrected chi connectivity index (χ4v) is 4.97. The number of hydrogen-bond donors (Lipinski definition) is 2. The van der Waals surface area contributed by atoms with Gasteiger partial charge in [0.1, 0.15) is 0 Å². The molecule has 6 rings (SSSR count). The number of hydrogen-bond acceptors (Lipinski definition) is 5. The highest BCUT2D eigenvalue weighted by atomic mass is 16.5. The van der Waals surface area contributed by atoms with Crippen LogP contribution in [-0.4, -0.2) is 47.9 Å². The number of aromatic nitrogens is 2. The topological polar surface area (TPSA) is 88.5 Å². The molecule has 8 heteroatoms. The van der Waals surface area contributed by atoms with Crippen molar-refractivity contribution in [1.29, 1.82) is 0 Å². The van der Waals surface area contributed by atoms with Crippen molar-refractivity contribution in [3.8, 4) is 5.69 Å². The molecule has 8 nitrogen and oxygen atoms in total. The predicted octanol–water partition coefficient (Wildman–Crippen LogP) is 5.24. The molecule has 2 amide bonds. The Morgan fingerprint density at radius 3 is 2.21 bits per heavy atom. The van der Waals surface area contributed by atoms with Gasteiger partial charge in [-0.3, -0.25) is 9.59 Å². The predicted molar refractivity (Wildman–Crippen MR) is 149 cm³/mol. The Kier molecular flexibility index (Phi) is 6.55. The third-order valence-electron chi connectivity index (χ3n) is 7.42. The van der Waals surface area contributed by atoms with Gasteiger partial charge in [-0.05, 0) is 92.4 Å². The largest absolute Gasteiger partial charge is 0.381 e. The van der Waals surface area contributed by atoms with Crippen LogP contribution in [0.15, 0.2) is 72.9 Å². The standard InChI is InChI=1S/C30H31N5O3/c1-38-27-14-16-34(17-15-27)25-9-4-21(5-10-25)30(37)33-24-8-13-28-22(18-24)19-31-35(28)26-11-6-23(7-12-26)32-29(36)20-2-3-20/h4-13,18-20,27H,2-3,14-17H2,1H3,(H,32,36)(H,33,37). The van der Waals surface area contributed by atoms with Crippen LogP contribution in [0.25, 0.3) is 16.6 Å². The zero-order chi connectivity index (χ0) is 26.1. The minimum absolute atomic E-state index is 0.0930. The Morgan fingerprint density at radius 1 is 0.842 bits per heavy atom. The summed E-state index contributed by atoms with van der Waals surface area (Å²) in [5.74, 6) is 0.115. The first-order valence-corrected chi connectivity index (χ1v) is 13.2. The van der Waals surface area contributed by atoms with Crippen molar-refractivity contribution >= 4 is 39.8 Å². The Balaban J connectivity index is 1.11. The van der Waals surface area contributed by atoms with Crippen LogP contribution < -0.4 is 15.5 Å². The first-order chi connectivity index (χ1) is 18.6. The molecule has 0 radical (unpaired) electrons. The summed E-state index contributed by atoms with van der Waals surface area (Å²) in [4.78, 5) is 27.2. The van der Waals surface area contributed by atoms with Crippen molar-refractivity contribution in [2.24, 2.45) is 5.92 Å². The smallest absolute Gasteiger partial charge is 0.255 e. The van der Waals surface area contributed by atoms with E-state index in [1.165, 1.54) is 0 Å². The number of fused-ring (bicyclic) bond motifs is 1. The van der Waals surface area contributed by atoms with Gasteiger partial charge in [0.05, 0.1) is 23.5 Å². The van der Waals surface area contributed by atoms with Crippen LogP contribution in [0.1, 0.15) is 36.0 Å². The third-order valence-corrected chi connectivity index (χ3v) is 7.42. The Bertz CT molecular complexity index is 1450. The van der Waals surface area contributed by atoms with Crippen LogP contribution >= 0.6 is 0 Å². The fraction of sp³-hybridized carbons (Fsp3) is 0.300. The highest BCUT2D eigenvalue weighted by Crippen LogP contribution is 2.30. The number of carbonyl (C=O) groups excluding carboxylic acids is 2. The molecule has 1 aliphatic carbocycles. The van der Waals surface area contributed by atoms with Crippen LogP contribution in [0.3, 0.4) is 0 Å². The summed E-state index contributed by atoms with van der Waals surface area (Å²) < 4.78 is 7.31. The lowest BCUT2D eigenvalue weighted by atomic mass is 10.1. The van der Waals surface area contributed by atoms with Crippen LogP contribution in [0.2, 0.25) is 0 Å². The minimum atomic E-state index is -0.148. The monoisotopic (exact) mass is 509 g/mol. The van der Waals surface area contributed by atoms with Gasteiger partial charge in [-0.2, -0.15) is 5.10 Å². The summed E-state index contributed by atoms with van der Waals surface area (Å²) in [6, 6.07) is 21.2. The molecule has 38 heavy (non-hydrogen) atoms. The van der Waals surface area contributed by atoms with Crippen LogP contribution in [0, 0.1) is 5.92 Å². The number of nitrogens with one attached hydrogen (secondary N) is 2. The highest BCUT2D eigenvalue weighted by Gasteiger charge is 2.29. The van der Waals surface area contributed by atoms with E-state index in [1.807, 2.05) is 71.4 Å². The maximum Gasteiger partial charge on any atom is 0.255 e. The number of rotatable bonds is 7. The van der Waals surface area contributed by atoms with Crippen molar-refractivity contribution in [3.05, 3.63) is 78.5 Å². The van der Waals surface area contributed by atoms with Crippen molar-refractivity contribution in [1.82, 2.24) is 9.78 Å². The molecule has 2 fully saturated rings. The summed E-state index contributed by atoms with van der Waals surface area (Å²) in [6.07, 6.45) is 6.12. The normalized spacial score (nSPS) is 16.0. The summed E-state index contributed by atoms with van der Waals surface area (Å²) in [5.41, 5.74) is 5.07. The number of methoxy groups -OCH3 is 1. The van der Waals surface area contributed by atoms with E-state index in [1.54, 1.807) is 13.3 Å². The lowest BCUT2D eigenvalue weighted by molar-refractivity contribution is -0.117. The molecule has 194 valence electrons. The van der Waals surface area contributed by atoms with E-state index in [2.05, 4.69) is 20.6 Å². The van der Waals surface area contributed by atoms with Crippen LogP contribution in [-0.2, 0) is 9.53 Å². The zero-order valence-electron chi connectivity index (χ0n) is 21.4. The molecule has 0 unspecified atom stereocenters. The molecule has 3 aromatic carbocycles. The van der Waals surface area contributed by atoms with Gasteiger partial charge in [0, 0.05) is 54.1 Å². The van der Waals surface area contributed by atoms with Gasteiger partial charge in [0.15, 0.2) is 0 Å². The molecule has 2 N–H and O–H groups in total. The van der Waals surface area contributed by atoms with Crippen molar-refractivity contribution in [2.75, 3.05) is 35.7 Å². The maximum absolute atomic E-state index is 12.9. The lowest BCUT2D eigenvalue weighted by Gasteiger charge is -2.33. The number of carbonyl (C=O) groups is 2. The zero-order valence-corrected chi connectivity index (χ0v) is 21.4. The molecule has 1 saturated carbocycles. The van der Waals surface area contributed by atoms with E-state index in [0.29, 0.717) is 17.4 Å². The SMILES string of the molecule is COC1CCN(c2ccc(C(=O)Nc3ccc4c(cnn4-c4ccc(NC(=O)C5CC5)cc4)c3)cc2)CC1. The molecule has 0 atom stereocenters. The van der Waals surface area contributed by atoms with Gasteiger partial charge >= 0.3 is 0 Å². The van der Waals surface area contributed by atoms with E-state index in [0.717, 1.165) is 66.7 Å². The molecule has 4 aromatic rings. The summed E-state index contributed by atoms with van der Waals surface area (Å²) in [5, 5.41) is 11.4.